The quantitative estimate of drug-likeness (QED) is 0.807. The summed E-state index contributed by atoms with van der Waals surface area (Å²) in [5.41, 5.74) is 0.575. The minimum absolute atomic E-state index is 0.0250. The van der Waals surface area contributed by atoms with Crippen molar-refractivity contribution in [2.75, 3.05) is 0 Å². The summed E-state index contributed by atoms with van der Waals surface area (Å²) in [6.45, 7) is 5.32. The highest BCUT2D eigenvalue weighted by molar-refractivity contribution is 5.94. The van der Waals surface area contributed by atoms with E-state index in [0.717, 1.165) is 0 Å². The number of carboxylic acids is 1. The number of nitrogens with one attached hydrogen (secondary N) is 1. The van der Waals surface area contributed by atoms with E-state index >= 15 is 0 Å². The van der Waals surface area contributed by atoms with Crippen LogP contribution in [0.5, 0.6) is 0 Å². The van der Waals surface area contributed by atoms with E-state index in [9.17, 15) is 9.59 Å². The number of hydrogen-bond acceptors (Lipinski definition) is 4. The molecule has 2 N–H and O–H groups in total. The number of rotatable bonds is 5. The number of hydrogen-bond donors (Lipinski definition) is 2. The van der Waals surface area contributed by atoms with Gasteiger partial charge in [0.25, 0.3) is 5.91 Å². The van der Waals surface area contributed by atoms with Crippen LogP contribution in [0, 0.1) is 12.8 Å². The van der Waals surface area contributed by atoms with Crippen LogP contribution in [0.4, 0.5) is 0 Å². The summed E-state index contributed by atoms with van der Waals surface area (Å²) >= 11 is 0. The van der Waals surface area contributed by atoms with Crippen molar-refractivity contribution in [2.45, 2.75) is 33.2 Å². The van der Waals surface area contributed by atoms with Crippen LogP contribution in [-0.2, 0) is 4.79 Å². The van der Waals surface area contributed by atoms with Crippen LogP contribution >= 0.6 is 0 Å². The molecule has 0 aliphatic heterocycles. The summed E-state index contributed by atoms with van der Waals surface area (Å²) in [5.74, 6) is -1.74. The van der Waals surface area contributed by atoms with Crippen molar-refractivity contribution in [3.63, 3.8) is 0 Å². The molecule has 1 heterocycles. The molecule has 0 aliphatic carbocycles. The fourth-order valence-corrected chi connectivity index (χ4v) is 1.37. The number of carboxylic acid groups (broad SMARTS) is 1. The Labute approximate surface area is 99.0 Å². The van der Waals surface area contributed by atoms with Crippen LogP contribution in [-0.4, -0.2) is 28.2 Å². The van der Waals surface area contributed by atoms with Crippen molar-refractivity contribution >= 4 is 11.9 Å². The van der Waals surface area contributed by atoms with Gasteiger partial charge in [-0.1, -0.05) is 25.4 Å². The van der Waals surface area contributed by atoms with Gasteiger partial charge in [-0.15, -0.1) is 0 Å². The number of nitrogens with zero attached hydrogens (tertiary/aromatic N) is 1. The van der Waals surface area contributed by atoms with E-state index in [2.05, 4.69) is 10.5 Å². The van der Waals surface area contributed by atoms with Crippen LogP contribution in [0.3, 0.4) is 0 Å². The smallest absolute Gasteiger partial charge is 0.326 e. The van der Waals surface area contributed by atoms with Gasteiger partial charge in [-0.25, -0.2) is 4.79 Å². The lowest BCUT2D eigenvalue weighted by molar-refractivity contribution is -0.140. The average molecular weight is 240 g/mol. The molecule has 1 rings (SSSR count). The summed E-state index contributed by atoms with van der Waals surface area (Å²) in [7, 11) is 0. The van der Waals surface area contributed by atoms with Crippen molar-refractivity contribution in [1.82, 2.24) is 10.5 Å². The van der Waals surface area contributed by atoms with E-state index < -0.39 is 17.9 Å². The highest BCUT2D eigenvalue weighted by Crippen LogP contribution is 2.10. The molecule has 2 unspecified atom stereocenters. The minimum Gasteiger partial charge on any atom is -0.480 e. The Morgan fingerprint density at radius 3 is 2.65 bits per heavy atom. The Hall–Kier alpha value is -1.85. The van der Waals surface area contributed by atoms with Crippen molar-refractivity contribution < 1.29 is 19.2 Å². The van der Waals surface area contributed by atoms with Crippen molar-refractivity contribution in [3.8, 4) is 0 Å². The van der Waals surface area contributed by atoms with Gasteiger partial charge in [-0.05, 0) is 12.8 Å². The predicted octanol–water partition coefficient (Wildman–Crippen LogP) is 1.21. The molecule has 0 saturated carbocycles. The molecule has 1 amide bonds. The average Bonchev–Trinajstić information content (AvgIpc) is 2.71. The summed E-state index contributed by atoms with van der Waals surface area (Å²) < 4.78 is 4.77. The number of aliphatic carboxylic acids is 1. The topological polar surface area (TPSA) is 92.4 Å². The van der Waals surface area contributed by atoms with Crippen LogP contribution in [0.25, 0.3) is 0 Å². The van der Waals surface area contributed by atoms with Gasteiger partial charge in [0.05, 0.1) is 5.69 Å². The number of aromatic nitrogens is 1. The Morgan fingerprint density at radius 1 is 1.59 bits per heavy atom. The van der Waals surface area contributed by atoms with Gasteiger partial charge in [-0.2, -0.15) is 0 Å². The van der Waals surface area contributed by atoms with Gasteiger partial charge in [-0.3, -0.25) is 4.79 Å². The minimum atomic E-state index is -1.05. The summed E-state index contributed by atoms with van der Waals surface area (Å²) in [6, 6.07) is 0.545. The third kappa shape index (κ3) is 3.30. The second-order valence-corrected chi connectivity index (χ2v) is 4.01. The van der Waals surface area contributed by atoms with E-state index in [0.29, 0.717) is 12.1 Å². The van der Waals surface area contributed by atoms with Gasteiger partial charge in [0.1, 0.15) is 6.04 Å². The van der Waals surface area contributed by atoms with E-state index in [1.165, 1.54) is 6.07 Å². The highest BCUT2D eigenvalue weighted by Gasteiger charge is 2.26. The number of carbonyl (C=O) groups is 2. The third-order valence-corrected chi connectivity index (χ3v) is 2.62. The maximum Gasteiger partial charge on any atom is 0.326 e. The van der Waals surface area contributed by atoms with Gasteiger partial charge >= 0.3 is 5.97 Å². The molecule has 0 fully saturated rings. The molecule has 94 valence electrons. The first kappa shape index (κ1) is 13.2. The Kier molecular flexibility index (Phi) is 4.25. The number of aryl methyl sites for hydroxylation is 1. The standard InChI is InChI=1S/C11H16N2O4/c1-4-6(2)9(11(15)16)12-10(14)8-5-7(3)13-17-8/h5-6,9H,4H2,1-3H3,(H,12,14)(H,15,16). The molecule has 0 aliphatic rings. The van der Waals surface area contributed by atoms with E-state index in [1.807, 2.05) is 6.92 Å². The van der Waals surface area contributed by atoms with Crippen LogP contribution in [0.15, 0.2) is 10.6 Å². The first-order valence-electron chi connectivity index (χ1n) is 5.42. The number of amides is 1. The molecule has 1 aromatic rings. The van der Waals surface area contributed by atoms with Gasteiger partial charge in [0, 0.05) is 6.07 Å². The van der Waals surface area contributed by atoms with Gasteiger partial charge in [0.2, 0.25) is 5.76 Å². The molecule has 17 heavy (non-hydrogen) atoms. The molecule has 2 atom stereocenters. The molecular weight excluding hydrogens is 224 g/mol. The van der Waals surface area contributed by atoms with E-state index in [1.54, 1.807) is 13.8 Å². The molecule has 0 saturated heterocycles. The first-order chi connectivity index (χ1) is 7.95. The van der Waals surface area contributed by atoms with E-state index in [-0.39, 0.29) is 11.7 Å². The zero-order valence-electron chi connectivity index (χ0n) is 10.1. The summed E-state index contributed by atoms with van der Waals surface area (Å²) in [6.07, 6.45) is 0.659. The zero-order chi connectivity index (χ0) is 13.0. The lowest BCUT2D eigenvalue weighted by Crippen LogP contribution is -2.44. The molecule has 1 aromatic heterocycles. The fourth-order valence-electron chi connectivity index (χ4n) is 1.37. The lowest BCUT2D eigenvalue weighted by atomic mass is 9.99. The normalized spacial score (nSPS) is 14.1. The van der Waals surface area contributed by atoms with Crippen molar-refractivity contribution in [3.05, 3.63) is 17.5 Å². The lowest BCUT2D eigenvalue weighted by Gasteiger charge is -2.19. The monoisotopic (exact) mass is 240 g/mol. The molecule has 0 aromatic carbocycles. The van der Waals surface area contributed by atoms with Crippen molar-refractivity contribution in [1.29, 1.82) is 0 Å². The maximum absolute atomic E-state index is 11.7. The first-order valence-corrected chi connectivity index (χ1v) is 5.42. The van der Waals surface area contributed by atoms with Gasteiger partial charge in [0.15, 0.2) is 0 Å². The third-order valence-electron chi connectivity index (χ3n) is 2.62. The molecule has 0 radical (unpaired) electrons. The molecule has 0 bridgehead atoms. The van der Waals surface area contributed by atoms with Crippen LogP contribution in [0.2, 0.25) is 0 Å². The molecule has 6 nitrogen and oxygen atoms in total. The van der Waals surface area contributed by atoms with Gasteiger partial charge < -0.3 is 14.9 Å². The maximum atomic E-state index is 11.7. The molecule has 0 spiro atoms. The van der Waals surface area contributed by atoms with E-state index in [4.69, 9.17) is 9.63 Å². The second-order valence-electron chi connectivity index (χ2n) is 4.01. The van der Waals surface area contributed by atoms with Crippen LogP contribution in [0.1, 0.15) is 36.5 Å². The summed E-state index contributed by atoms with van der Waals surface area (Å²) in [4.78, 5) is 22.7. The molecule has 6 heteroatoms. The fraction of sp³-hybridized carbons (Fsp3) is 0.545. The summed E-state index contributed by atoms with van der Waals surface area (Å²) in [5, 5.41) is 15.0. The largest absolute Gasteiger partial charge is 0.480 e. The van der Waals surface area contributed by atoms with Crippen LogP contribution < -0.4 is 5.32 Å². The number of carbonyl (C=O) groups excluding carboxylic acids is 1. The molecular formula is C11H16N2O4. The zero-order valence-corrected chi connectivity index (χ0v) is 10.1. The Morgan fingerprint density at radius 2 is 2.24 bits per heavy atom. The van der Waals surface area contributed by atoms with Crippen molar-refractivity contribution in [2.24, 2.45) is 5.92 Å². The highest BCUT2D eigenvalue weighted by atomic mass is 16.5. The predicted molar refractivity (Wildman–Crippen MR) is 59.6 cm³/mol. The second kappa shape index (κ2) is 5.47. The SMILES string of the molecule is CCC(C)C(NC(=O)c1cc(C)no1)C(=O)O. The Balaban J connectivity index is 2.74. The Bertz CT molecular complexity index is 413.